The highest BCUT2D eigenvalue weighted by Gasteiger charge is 2.32. The SMILES string of the molecule is CC(C)OC(=O)N(N)CC(F)(F)F. The Hall–Kier alpha value is -0.980. The lowest BCUT2D eigenvalue weighted by Crippen LogP contribution is -2.44. The number of hydrogen-bond acceptors (Lipinski definition) is 3. The Morgan fingerprint density at radius 2 is 2.00 bits per heavy atom. The van der Waals surface area contributed by atoms with E-state index in [1.54, 1.807) is 0 Å². The molecule has 0 aliphatic carbocycles. The third-order valence-electron chi connectivity index (χ3n) is 0.921. The number of nitrogens with zero attached hydrogens (tertiary/aromatic N) is 1. The topological polar surface area (TPSA) is 55.6 Å². The minimum Gasteiger partial charge on any atom is -0.446 e. The third kappa shape index (κ3) is 6.21. The minimum atomic E-state index is -4.51. The van der Waals surface area contributed by atoms with E-state index in [-0.39, 0.29) is 5.01 Å². The standard InChI is InChI=1S/C6H11F3N2O2/c1-4(2)13-5(12)11(10)3-6(7,8)9/h4H,3,10H2,1-2H3. The maximum atomic E-state index is 11.7. The number of amides is 1. The second kappa shape index (κ2) is 4.31. The van der Waals surface area contributed by atoms with Crippen LogP contribution in [0.4, 0.5) is 18.0 Å². The van der Waals surface area contributed by atoms with Crippen LogP contribution in [0.3, 0.4) is 0 Å². The molecule has 0 bridgehead atoms. The fourth-order valence-electron chi connectivity index (χ4n) is 0.527. The van der Waals surface area contributed by atoms with E-state index in [1.807, 2.05) is 0 Å². The molecule has 0 aliphatic rings. The first kappa shape index (κ1) is 12.0. The zero-order valence-corrected chi connectivity index (χ0v) is 7.26. The lowest BCUT2D eigenvalue weighted by molar-refractivity contribution is -0.143. The molecule has 0 saturated carbocycles. The lowest BCUT2D eigenvalue weighted by Gasteiger charge is -2.19. The third-order valence-corrected chi connectivity index (χ3v) is 0.921. The van der Waals surface area contributed by atoms with Crippen LogP contribution in [0.5, 0.6) is 0 Å². The molecule has 0 spiro atoms. The molecule has 1 amide bonds. The van der Waals surface area contributed by atoms with Crippen LogP contribution in [-0.2, 0) is 4.74 Å². The second-order valence-electron chi connectivity index (χ2n) is 2.68. The van der Waals surface area contributed by atoms with Crippen molar-refractivity contribution in [3.8, 4) is 0 Å². The largest absolute Gasteiger partial charge is 0.446 e. The molecule has 0 atom stereocenters. The fourth-order valence-corrected chi connectivity index (χ4v) is 0.527. The molecule has 0 aliphatic heterocycles. The molecule has 0 saturated heterocycles. The molecule has 0 fully saturated rings. The number of rotatable bonds is 2. The molecule has 0 aromatic rings. The summed E-state index contributed by atoms with van der Waals surface area (Å²) < 4.78 is 39.4. The molecule has 0 aromatic heterocycles. The van der Waals surface area contributed by atoms with Crippen molar-refractivity contribution in [3.63, 3.8) is 0 Å². The van der Waals surface area contributed by atoms with Gasteiger partial charge in [0, 0.05) is 0 Å². The Morgan fingerprint density at radius 1 is 1.54 bits per heavy atom. The summed E-state index contributed by atoms with van der Waals surface area (Å²) in [6.07, 6.45) is -6.19. The smallest absolute Gasteiger partial charge is 0.424 e. The molecule has 0 aromatic carbocycles. The molecule has 78 valence electrons. The van der Waals surface area contributed by atoms with E-state index >= 15 is 0 Å². The first-order valence-electron chi connectivity index (χ1n) is 3.52. The molecule has 0 heterocycles. The van der Waals surface area contributed by atoms with Gasteiger partial charge in [-0.25, -0.2) is 15.6 Å². The summed E-state index contributed by atoms with van der Waals surface area (Å²) in [7, 11) is 0. The first-order valence-corrected chi connectivity index (χ1v) is 3.52. The van der Waals surface area contributed by atoms with E-state index < -0.39 is 24.9 Å². The van der Waals surface area contributed by atoms with Crippen LogP contribution in [0.25, 0.3) is 0 Å². The van der Waals surface area contributed by atoms with E-state index in [9.17, 15) is 18.0 Å². The fraction of sp³-hybridized carbons (Fsp3) is 0.833. The lowest BCUT2D eigenvalue weighted by atomic mass is 10.5. The normalized spacial score (nSPS) is 11.6. The van der Waals surface area contributed by atoms with E-state index in [1.165, 1.54) is 13.8 Å². The van der Waals surface area contributed by atoms with Crippen LogP contribution in [0.1, 0.15) is 13.8 Å². The number of ether oxygens (including phenoxy) is 1. The molecule has 0 rings (SSSR count). The Bertz CT molecular complexity index is 181. The van der Waals surface area contributed by atoms with Crippen LogP contribution < -0.4 is 5.84 Å². The minimum absolute atomic E-state index is 0.0139. The van der Waals surface area contributed by atoms with Gasteiger partial charge in [0.2, 0.25) is 0 Å². The zero-order valence-electron chi connectivity index (χ0n) is 7.26. The Balaban J connectivity index is 3.97. The van der Waals surface area contributed by atoms with Gasteiger partial charge in [-0.05, 0) is 13.8 Å². The van der Waals surface area contributed by atoms with Gasteiger partial charge in [-0.15, -0.1) is 0 Å². The molecule has 4 nitrogen and oxygen atoms in total. The van der Waals surface area contributed by atoms with E-state index in [0.717, 1.165) is 0 Å². The van der Waals surface area contributed by atoms with Crippen molar-refractivity contribution in [2.75, 3.05) is 6.54 Å². The van der Waals surface area contributed by atoms with Crippen LogP contribution >= 0.6 is 0 Å². The van der Waals surface area contributed by atoms with Gasteiger partial charge >= 0.3 is 12.3 Å². The van der Waals surface area contributed by atoms with Gasteiger partial charge < -0.3 is 4.74 Å². The summed E-state index contributed by atoms with van der Waals surface area (Å²) >= 11 is 0. The number of carbonyl (C=O) groups is 1. The average molecular weight is 200 g/mol. The second-order valence-corrected chi connectivity index (χ2v) is 2.68. The highest BCUT2D eigenvalue weighted by Crippen LogP contribution is 2.15. The van der Waals surface area contributed by atoms with E-state index in [0.29, 0.717) is 0 Å². The molecule has 13 heavy (non-hydrogen) atoms. The predicted octanol–water partition coefficient (Wildman–Crippen LogP) is 1.27. The van der Waals surface area contributed by atoms with Gasteiger partial charge in [0.05, 0.1) is 6.10 Å². The summed E-state index contributed by atoms with van der Waals surface area (Å²) in [5, 5.41) is -0.0139. The Kier molecular flexibility index (Phi) is 3.99. The predicted molar refractivity (Wildman–Crippen MR) is 38.6 cm³/mol. The number of hydrogen-bond donors (Lipinski definition) is 1. The summed E-state index contributed by atoms with van der Waals surface area (Å²) in [5.41, 5.74) is 0. The summed E-state index contributed by atoms with van der Waals surface area (Å²) in [4.78, 5) is 10.7. The van der Waals surface area contributed by atoms with Crippen molar-refractivity contribution in [1.82, 2.24) is 5.01 Å². The number of alkyl halides is 3. The number of halogens is 3. The molecule has 7 heteroatoms. The summed E-state index contributed by atoms with van der Waals surface area (Å²) in [6, 6.07) is 0. The first-order chi connectivity index (χ1) is 5.72. The molecular weight excluding hydrogens is 189 g/mol. The maximum Gasteiger partial charge on any atom is 0.424 e. The number of carbonyl (C=O) groups excluding carboxylic acids is 1. The molecule has 2 N–H and O–H groups in total. The average Bonchev–Trinajstić information content (AvgIpc) is 1.81. The molecule has 0 radical (unpaired) electrons. The number of nitrogens with two attached hydrogens (primary N) is 1. The van der Waals surface area contributed by atoms with Crippen LogP contribution in [0.15, 0.2) is 0 Å². The van der Waals surface area contributed by atoms with Crippen LogP contribution in [0, 0.1) is 0 Å². The molecular formula is C6H11F3N2O2. The van der Waals surface area contributed by atoms with Gasteiger partial charge in [-0.1, -0.05) is 0 Å². The van der Waals surface area contributed by atoms with E-state index in [2.05, 4.69) is 4.74 Å². The quantitative estimate of drug-likeness (QED) is 0.415. The van der Waals surface area contributed by atoms with Crippen LogP contribution in [-0.4, -0.2) is 29.9 Å². The Labute approximate surface area is 73.4 Å². The maximum absolute atomic E-state index is 11.7. The van der Waals surface area contributed by atoms with Crippen molar-refractivity contribution in [3.05, 3.63) is 0 Å². The highest BCUT2D eigenvalue weighted by atomic mass is 19.4. The summed E-state index contributed by atoms with van der Waals surface area (Å²) in [6.45, 7) is 1.51. The molecule has 0 unspecified atom stereocenters. The van der Waals surface area contributed by atoms with Crippen molar-refractivity contribution >= 4 is 6.09 Å². The van der Waals surface area contributed by atoms with Gasteiger partial charge in [0.25, 0.3) is 0 Å². The van der Waals surface area contributed by atoms with Crippen molar-refractivity contribution in [1.29, 1.82) is 0 Å². The monoisotopic (exact) mass is 200 g/mol. The van der Waals surface area contributed by atoms with E-state index in [4.69, 9.17) is 5.84 Å². The van der Waals surface area contributed by atoms with Crippen LogP contribution in [0.2, 0.25) is 0 Å². The zero-order chi connectivity index (χ0) is 10.6. The Morgan fingerprint density at radius 3 is 2.31 bits per heavy atom. The van der Waals surface area contributed by atoms with Gasteiger partial charge in [0.15, 0.2) is 0 Å². The summed E-state index contributed by atoms with van der Waals surface area (Å²) in [5.74, 6) is 4.79. The van der Waals surface area contributed by atoms with Crippen molar-refractivity contribution < 1.29 is 22.7 Å². The van der Waals surface area contributed by atoms with Crippen molar-refractivity contribution in [2.24, 2.45) is 5.84 Å². The van der Waals surface area contributed by atoms with Gasteiger partial charge in [0.1, 0.15) is 6.54 Å². The van der Waals surface area contributed by atoms with Gasteiger partial charge in [-0.3, -0.25) is 0 Å². The number of hydrazine groups is 1. The highest BCUT2D eigenvalue weighted by molar-refractivity contribution is 5.66. The van der Waals surface area contributed by atoms with Gasteiger partial charge in [-0.2, -0.15) is 13.2 Å². The van der Waals surface area contributed by atoms with Crippen molar-refractivity contribution in [2.45, 2.75) is 26.1 Å².